The maximum atomic E-state index is 9.85. The van der Waals surface area contributed by atoms with Gasteiger partial charge in [0.1, 0.15) is 17.6 Å². The van der Waals surface area contributed by atoms with Gasteiger partial charge in [0.2, 0.25) is 0 Å². The van der Waals surface area contributed by atoms with E-state index in [1.165, 1.54) is 0 Å². The fourth-order valence-corrected chi connectivity index (χ4v) is 4.18. The Bertz CT molecular complexity index is 1050. The molecule has 5 nitrogen and oxygen atoms in total. The maximum absolute atomic E-state index is 9.85. The Labute approximate surface area is 211 Å². The van der Waals surface area contributed by atoms with Crippen molar-refractivity contribution in [1.82, 2.24) is 10.7 Å². The van der Waals surface area contributed by atoms with Crippen molar-refractivity contribution in [3.8, 4) is 11.5 Å². The van der Waals surface area contributed by atoms with E-state index < -0.39 is 0 Å². The van der Waals surface area contributed by atoms with Crippen LogP contribution in [0.25, 0.3) is 0 Å². The van der Waals surface area contributed by atoms with Gasteiger partial charge in [-0.25, -0.2) is 0 Å². The second-order valence-electron chi connectivity index (χ2n) is 7.34. The number of phenolic OH excluding ortho intramolecular Hbond substituents is 1. The molecule has 0 spiro atoms. The van der Waals surface area contributed by atoms with E-state index in [1.807, 2.05) is 60.7 Å². The van der Waals surface area contributed by atoms with Gasteiger partial charge in [-0.05, 0) is 92.4 Å². The van der Waals surface area contributed by atoms with E-state index >= 15 is 0 Å². The lowest BCUT2D eigenvalue weighted by molar-refractivity contribution is 0.296. The zero-order valence-corrected chi connectivity index (χ0v) is 21.5. The Morgan fingerprint density at radius 1 is 1.15 bits per heavy atom. The third-order valence-electron chi connectivity index (χ3n) is 4.68. The summed E-state index contributed by atoms with van der Waals surface area (Å²) in [7, 11) is 0. The summed E-state index contributed by atoms with van der Waals surface area (Å²) in [6.07, 6.45) is 15.8. The van der Waals surface area contributed by atoms with Crippen LogP contribution in [0.1, 0.15) is 25.3 Å². The predicted octanol–water partition coefficient (Wildman–Crippen LogP) is 6.57. The lowest BCUT2D eigenvalue weighted by Crippen LogP contribution is -2.22. The zero-order chi connectivity index (χ0) is 23.5. The Morgan fingerprint density at radius 3 is 2.64 bits per heavy atom. The standard InChI is InChI=1S/C26H27Br2N3O2/c1-2-3-8-21(31-30-17-19-15-24(27)26(32)25(28)16-19)18-29-20-9-7-12-23(14-13-20)33-22-10-5-4-6-11-22/h4-17,23,29,31-32H,2-3,18H2,1H3/b21-8+,30-17+. The van der Waals surface area contributed by atoms with E-state index in [0.29, 0.717) is 15.5 Å². The van der Waals surface area contributed by atoms with E-state index in [4.69, 9.17) is 4.74 Å². The first-order valence-electron chi connectivity index (χ1n) is 10.7. The Morgan fingerprint density at radius 2 is 1.91 bits per heavy atom. The summed E-state index contributed by atoms with van der Waals surface area (Å²) < 4.78 is 7.20. The van der Waals surface area contributed by atoms with Crippen LogP contribution >= 0.6 is 31.9 Å². The molecule has 1 atom stereocenters. The van der Waals surface area contributed by atoms with Crippen LogP contribution in [0.4, 0.5) is 0 Å². The van der Waals surface area contributed by atoms with E-state index in [1.54, 1.807) is 18.3 Å². The molecule has 0 heterocycles. The van der Waals surface area contributed by atoms with Gasteiger partial charge in [-0.15, -0.1) is 0 Å². The Hall–Kier alpha value is -2.77. The molecule has 1 aliphatic rings. The molecule has 1 unspecified atom stereocenters. The van der Waals surface area contributed by atoms with E-state index in [9.17, 15) is 5.11 Å². The summed E-state index contributed by atoms with van der Waals surface area (Å²) >= 11 is 6.68. The first kappa shape index (κ1) is 24.9. The number of hydrogen-bond donors (Lipinski definition) is 3. The Kier molecular flexibility index (Phi) is 9.84. The Balaban J connectivity index is 1.57. The number of rotatable bonds is 10. The molecule has 0 aromatic heterocycles. The number of aromatic hydroxyl groups is 1. The van der Waals surface area contributed by atoms with Crippen LogP contribution in [-0.4, -0.2) is 24.0 Å². The highest BCUT2D eigenvalue weighted by molar-refractivity contribution is 9.11. The highest BCUT2D eigenvalue weighted by Crippen LogP contribution is 2.32. The molecule has 0 aliphatic heterocycles. The van der Waals surface area contributed by atoms with Crippen molar-refractivity contribution in [2.75, 3.05) is 6.54 Å². The van der Waals surface area contributed by atoms with E-state index in [-0.39, 0.29) is 11.9 Å². The number of phenols is 1. The van der Waals surface area contributed by atoms with Crippen molar-refractivity contribution >= 4 is 38.1 Å². The number of para-hydroxylation sites is 1. The van der Waals surface area contributed by atoms with Crippen molar-refractivity contribution in [3.05, 3.63) is 105 Å². The largest absolute Gasteiger partial charge is 0.506 e. The highest BCUT2D eigenvalue weighted by Gasteiger charge is 2.06. The van der Waals surface area contributed by atoms with Crippen LogP contribution in [0, 0.1) is 0 Å². The monoisotopic (exact) mass is 571 g/mol. The smallest absolute Gasteiger partial charge is 0.143 e. The van der Waals surface area contributed by atoms with Gasteiger partial charge in [-0.3, -0.25) is 5.43 Å². The molecule has 3 rings (SSSR count). The maximum Gasteiger partial charge on any atom is 0.143 e. The minimum atomic E-state index is -0.121. The highest BCUT2D eigenvalue weighted by atomic mass is 79.9. The molecule has 3 N–H and O–H groups in total. The molecule has 7 heteroatoms. The number of ether oxygens (including phenoxy) is 1. The normalized spacial score (nSPS) is 15.9. The van der Waals surface area contributed by atoms with Crippen molar-refractivity contribution in [2.24, 2.45) is 5.10 Å². The van der Waals surface area contributed by atoms with E-state index in [0.717, 1.165) is 35.5 Å². The number of hydrogen-bond acceptors (Lipinski definition) is 5. The molecular formula is C26H27Br2N3O2. The number of allylic oxidation sites excluding steroid dienone is 4. The van der Waals surface area contributed by atoms with Crippen LogP contribution in [-0.2, 0) is 0 Å². The molecular weight excluding hydrogens is 546 g/mol. The van der Waals surface area contributed by atoms with Gasteiger partial charge in [0.05, 0.1) is 21.7 Å². The topological polar surface area (TPSA) is 65.9 Å². The predicted molar refractivity (Wildman–Crippen MR) is 142 cm³/mol. The van der Waals surface area contributed by atoms with Gasteiger partial charge in [-0.2, -0.15) is 5.10 Å². The number of halogens is 2. The SMILES string of the molecule is CCC/C=C(\CNC1=CC=CC(Oc2ccccc2)C=C1)N/N=C/c1cc(Br)c(O)c(Br)c1. The van der Waals surface area contributed by atoms with Crippen molar-refractivity contribution in [1.29, 1.82) is 0 Å². The van der Waals surface area contributed by atoms with Gasteiger partial charge in [0, 0.05) is 11.4 Å². The molecule has 172 valence electrons. The van der Waals surface area contributed by atoms with Gasteiger partial charge in [-0.1, -0.05) is 43.7 Å². The summed E-state index contributed by atoms with van der Waals surface area (Å²) in [6, 6.07) is 13.4. The molecule has 0 saturated heterocycles. The molecule has 2 aromatic rings. The van der Waals surface area contributed by atoms with Gasteiger partial charge in [0.25, 0.3) is 0 Å². The minimum Gasteiger partial charge on any atom is -0.506 e. The lowest BCUT2D eigenvalue weighted by atomic mass is 10.2. The number of unbranched alkanes of at least 4 members (excludes halogenated alkanes) is 1. The van der Waals surface area contributed by atoms with Crippen LogP contribution in [0.15, 0.2) is 104 Å². The van der Waals surface area contributed by atoms with Crippen molar-refractivity contribution in [3.63, 3.8) is 0 Å². The fourth-order valence-electron chi connectivity index (χ4n) is 2.96. The average Bonchev–Trinajstić information content (AvgIpc) is 3.04. The summed E-state index contributed by atoms with van der Waals surface area (Å²) in [6.45, 7) is 2.75. The molecule has 0 saturated carbocycles. The van der Waals surface area contributed by atoms with Crippen LogP contribution < -0.4 is 15.5 Å². The van der Waals surface area contributed by atoms with Gasteiger partial charge in [0.15, 0.2) is 0 Å². The van der Waals surface area contributed by atoms with E-state index in [2.05, 4.69) is 60.7 Å². The zero-order valence-electron chi connectivity index (χ0n) is 18.3. The van der Waals surface area contributed by atoms with Crippen LogP contribution in [0.3, 0.4) is 0 Å². The third kappa shape index (κ3) is 8.26. The van der Waals surface area contributed by atoms with Gasteiger partial charge >= 0.3 is 0 Å². The number of nitrogens with zero attached hydrogens (tertiary/aromatic N) is 1. The van der Waals surface area contributed by atoms with Crippen LogP contribution in [0.2, 0.25) is 0 Å². The van der Waals surface area contributed by atoms with Crippen molar-refractivity contribution < 1.29 is 9.84 Å². The number of hydrazone groups is 1. The second kappa shape index (κ2) is 13.1. The molecule has 1 aliphatic carbocycles. The third-order valence-corrected chi connectivity index (χ3v) is 5.89. The fraction of sp³-hybridized carbons (Fsp3) is 0.192. The summed E-state index contributed by atoms with van der Waals surface area (Å²) in [5.74, 6) is 1.01. The summed E-state index contributed by atoms with van der Waals surface area (Å²) in [5, 5.41) is 17.7. The molecule has 0 amide bonds. The average molecular weight is 573 g/mol. The second-order valence-corrected chi connectivity index (χ2v) is 9.04. The molecule has 0 radical (unpaired) electrons. The summed E-state index contributed by atoms with van der Waals surface area (Å²) in [5.41, 5.74) is 5.95. The molecule has 0 fully saturated rings. The number of nitrogens with one attached hydrogen (secondary N) is 2. The first-order valence-corrected chi connectivity index (χ1v) is 12.3. The summed E-state index contributed by atoms with van der Waals surface area (Å²) in [4.78, 5) is 0. The quantitative estimate of drug-likeness (QED) is 0.222. The van der Waals surface area contributed by atoms with Crippen molar-refractivity contribution in [2.45, 2.75) is 25.9 Å². The first-order chi connectivity index (χ1) is 16.0. The molecule has 33 heavy (non-hydrogen) atoms. The van der Waals surface area contributed by atoms with Crippen LogP contribution in [0.5, 0.6) is 11.5 Å². The van der Waals surface area contributed by atoms with Gasteiger partial charge < -0.3 is 15.2 Å². The minimum absolute atomic E-state index is 0.121. The molecule has 2 aromatic carbocycles. The number of benzene rings is 2. The molecule has 0 bridgehead atoms. The lowest BCUT2D eigenvalue weighted by Gasteiger charge is -2.12.